The highest BCUT2D eigenvalue weighted by molar-refractivity contribution is 5.94. The number of aromatic amines is 1. The fourth-order valence-corrected chi connectivity index (χ4v) is 3.10. The Hall–Kier alpha value is -4.40. The molecular formula is C24H23N5O4. The van der Waals surface area contributed by atoms with Gasteiger partial charge < -0.3 is 9.15 Å². The van der Waals surface area contributed by atoms with E-state index >= 15 is 0 Å². The fourth-order valence-electron chi connectivity index (χ4n) is 3.10. The summed E-state index contributed by atoms with van der Waals surface area (Å²) in [5.41, 5.74) is 8.48. The van der Waals surface area contributed by atoms with E-state index in [9.17, 15) is 9.59 Å². The van der Waals surface area contributed by atoms with Crippen LogP contribution in [0, 0.1) is 6.92 Å². The number of rotatable bonds is 7. The number of hydrogen-bond donors (Lipinski definition) is 3. The first-order valence-corrected chi connectivity index (χ1v) is 10.3. The van der Waals surface area contributed by atoms with Crippen LogP contribution in [-0.4, -0.2) is 34.1 Å². The minimum Gasteiger partial charge on any atom is -0.497 e. The number of benzene rings is 2. The minimum absolute atomic E-state index is 0.105. The first kappa shape index (κ1) is 21.8. The summed E-state index contributed by atoms with van der Waals surface area (Å²) in [4.78, 5) is 28.6. The van der Waals surface area contributed by atoms with Gasteiger partial charge in [-0.3, -0.25) is 25.5 Å². The topological polar surface area (TPSA) is 122 Å². The number of aromatic nitrogens is 3. The highest BCUT2D eigenvalue weighted by Crippen LogP contribution is 2.22. The van der Waals surface area contributed by atoms with Gasteiger partial charge in [-0.25, -0.2) is 4.98 Å². The van der Waals surface area contributed by atoms with E-state index < -0.39 is 5.91 Å². The Bertz CT molecular complexity index is 1240. The number of aryl methyl sites for hydroxylation is 2. The van der Waals surface area contributed by atoms with Crippen molar-refractivity contribution in [2.45, 2.75) is 19.8 Å². The molecule has 2 aromatic heterocycles. The van der Waals surface area contributed by atoms with Gasteiger partial charge in [-0.2, -0.15) is 5.10 Å². The third kappa shape index (κ3) is 5.45. The molecule has 0 aliphatic carbocycles. The summed E-state index contributed by atoms with van der Waals surface area (Å²) in [6.45, 7) is 2.01. The van der Waals surface area contributed by atoms with Gasteiger partial charge >= 0.3 is 0 Å². The van der Waals surface area contributed by atoms with Gasteiger partial charge in [0, 0.05) is 24.0 Å². The molecular weight excluding hydrogens is 422 g/mol. The van der Waals surface area contributed by atoms with Crippen molar-refractivity contribution in [2.75, 3.05) is 7.11 Å². The van der Waals surface area contributed by atoms with Crippen LogP contribution in [0.3, 0.4) is 0 Å². The van der Waals surface area contributed by atoms with Crippen LogP contribution in [-0.2, 0) is 11.2 Å². The molecule has 0 atom stereocenters. The monoisotopic (exact) mass is 445 g/mol. The van der Waals surface area contributed by atoms with Gasteiger partial charge in [-0.05, 0) is 37.3 Å². The van der Waals surface area contributed by atoms with Gasteiger partial charge in [0.15, 0.2) is 11.7 Å². The number of hydrazine groups is 1. The molecule has 0 fully saturated rings. The number of carbonyl (C=O) groups excluding carboxylic acids is 2. The number of carbonyl (C=O) groups is 2. The largest absolute Gasteiger partial charge is 0.497 e. The molecule has 168 valence electrons. The normalized spacial score (nSPS) is 10.6. The lowest BCUT2D eigenvalue weighted by atomic mass is 10.1. The zero-order valence-corrected chi connectivity index (χ0v) is 18.2. The van der Waals surface area contributed by atoms with Crippen molar-refractivity contribution in [1.82, 2.24) is 26.0 Å². The van der Waals surface area contributed by atoms with Crippen LogP contribution < -0.4 is 15.6 Å². The fraction of sp³-hybridized carbons (Fsp3) is 0.167. The zero-order chi connectivity index (χ0) is 23.2. The maximum atomic E-state index is 12.3. The third-order valence-corrected chi connectivity index (χ3v) is 4.98. The average molecular weight is 445 g/mol. The van der Waals surface area contributed by atoms with Crippen LogP contribution in [0.15, 0.2) is 65.2 Å². The Morgan fingerprint density at radius 1 is 1.03 bits per heavy atom. The molecule has 9 heteroatoms. The molecule has 0 spiro atoms. The maximum Gasteiger partial charge on any atom is 0.287 e. The van der Waals surface area contributed by atoms with Crippen LogP contribution in [0.1, 0.15) is 28.4 Å². The van der Waals surface area contributed by atoms with Gasteiger partial charge in [0.1, 0.15) is 11.4 Å². The number of nitrogens with one attached hydrogen (secondary N) is 3. The lowest BCUT2D eigenvalue weighted by Gasteiger charge is -2.05. The van der Waals surface area contributed by atoms with Crippen molar-refractivity contribution >= 4 is 11.8 Å². The van der Waals surface area contributed by atoms with Gasteiger partial charge in [0.05, 0.1) is 19.0 Å². The van der Waals surface area contributed by atoms with Crippen LogP contribution >= 0.6 is 0 Å². The second-order valence-corrected chi connectivity index (χ2v) is 7.38. The number of ether oxygens (including phenoxy) is 1. The zero-order valence-electron chi connectivity index (χ0n) is 18.2. The molecule has 2 heterocycles. The Morgan fingerprint density at radius 3 is 2.48 bits per heavy atom. The summed E-state index contributed by atoms with van der Waals surface area (Å²) in [5.74, 6) is 0.947. The number of H-pyrrole nitrogens is 1. The Balaban J connectivity index is 1.26. The molecule has 0 radical (unpaired) electrons. The van der Waals surface area contributed by atoms with Crippen molar-refractivity contribution in [3.63, 3.8) is 0 Å². The molecule has 0 aliphatic rings. The van der Waals surface area contributed by atoms with E-state index in [1.54, 1.807) is 19.4 Å². The van der Waals surface area contributed by atoms with Crippen LogP contribution in [0.25, 0.3) is 22.6 Å². The van der Waals surface area contributed by atoms with Crippen LogP contribution in [0.5, 0.6) is 5.75 Å². The molecule has 0 bridgehead atoms. The van der Waals surface area contributed by atoms with E-state index in [2.05, 4.69) is 26.0 Å². The molecule has 0 unspecified atom stereocenters. The summed E-state index contributed by atoms with van der Waals surface area (Å²) in [7, 11) is 1.59. The van der Waals surface area contributed by atoms with E-state index in [0.29, 0.717) is 23.8 Å². The predicted octanol–water partition coefficient (Wildman–Crippen LogP) is 3.44. The summed E-state index contributed by atoms with van der Waals surface area (Å²) in [6, 6.07) is 16.8. The van der Waals surface area contributed by atoms with Crippen molar-refractivity contribution in [3.05, 3.63) is 77.9 Å². The molecule has 3 N–H and O–H groups in total. The first-order valence-electron chi connectivity index (χ1n) is 10.3. The van der Waals surface area contributed by atoms with Crippen LogP contribution in [0.2, 0.25) is 0 Å². The molecule has 33 heavy (non-hydrogen) atoms. The Labute approximate surface area is 190 Å². The summed E-state index contributed by atoms with van der Waals surface area (Å²) < 4.78 is 10.8. The lowest BCUT2D eigenvalue weighted by molar-refractivity contribution is -0.121. The highest BCUT2D eigenvalue weighted by Gasteiger charge is 2.13. The Morgan fingerprint density at radius 2 is 1.76 bits per heavy atom. The molecule has 2 amide bonds. The second-order valence-electron chi connectivity index (χ2n) is 7.38. The quantitative estimate of drug-likeness (QED) is 0.375. The highest BCUT2D eigenvalue weighted by atomic mass is 16.5. The van der Waals surface area contributed by atoms with Crippen molar-refractivity contribution < 1.29 is 18.7 Å². The van der Waals surface area contributed by atoms with Crippen molar-refractivity contribution in [3.8, 4) is 28.3 Å². The van der Waals surface area contributed by atoms with Crippen molar-refractivity contribution in [1.29, 1.82) is 0 Å². The summed E-state index contributed by atoms with van der Waals surface area (Å²) in [5, 5.41) is 6.80. The van der Waals surface area contributed by atoms with Crippen molar-refractivity contribution in [2.24, 2.45) is 0 Å². The summed E-state index contributed by atoms with van der Waals surface area (Å²) in [6.07, 6.45) is 2.05. The molecule has 4 rings (SSSR count). The molecule has 4 aromatic rings. The standard InChI is InChI=1S/C24H23N5O4/c1-15-3-5-17(6-4-15)21-14-25-23(33-21)12-11-22(30)28-29-24(31)20-13-19(26-27-20)16-7-9-18(32-2)10-8-16/h3-10,13-14H,11-12H2,1-2H3,(H,26,27)(H,28,30)(H,29,31). The summed E-state index contributed by atoms with van der Waals surface area (Å²) >= 11 is 0. The minimum atomic E-state index is -0.506. The third-order valence-electron chi connectivity index (χ3n) is 4.98. The smallest absolute Gasteiger partial charge is 0.287 e. The van der Waals surface area contributed by atoms with E-state index in [0.717, 1.165) is 22.4 Å². The van der Waals surface area contributed by atoms with Gasteiger partial charge in [0.2, 0.25) is 5.91 Å². The van der Waals surface area contributed by atoms with E-state index in [4.69, 9.17) is 9.15 Å². The Kier molecular flexibility index (Phi) is 6.49. The lowest BCUT2D eigenvalue weighted by Crippen LogP contribution is -2.41. The van der Waals surface area contributed by atoms with E-state index in [1.165, 1.54) is 0 Å². The molecule has 0 aliphatic heterocycles. The first-order chi connectivity index (χ1) is 16.0. The second kappa shape index (κ2) is 9.82. The van der Waals surface area contributed by atoms with E-state index in [-0.39, 0.29) is 18.0 Å². The molecule has 2 aromatic carbocycles. The molecule has 0 saturated heterocycles. The van der Waals surface area contributed by atoms with Gasteiger partial charge in [0.25, 0.3) is 5.91 Å². The van der Waals surface area contributed by atoms with Gasteiger partial charge in [-0.1, -0.05) is 29.8 Å². The van der Waals surface area contributed by atoms with E-state index in [1.807, 2.05) is 55.5 Å². The SMILES string of the molecule is COc1ccc(-c2cc(C(=O)NNC(=O)CCc3ncc(-c4ccc(C)cc4)o3)[nH]n2)cc1. The number of methoxy groups -OCH3 is 1. The predicted molar refractivity (Wildman–Crippen MR) is 121 cm³/mol. The number of nitrogens with zero attached hydrogens (tertiary/aromatic N) is 2. The van der Waals surface area contributed by atoms with Crippen LogP contribution in [0.4, 0.5) is 0 Å². The molecule has 9 nitrogen and oxygen atoms in total. The number of amides is 2. The average Bonchev–Trinajstić information content (AvgIpc) is 3.52. The maximum absolute atomic E-state index is 12.3. The number of hydrogen-bond acceptors (Lipinski definition) is 6. The number of oxazole rings is 1. The molecule has 0 saturated carbocycles. The van der Waals surface area contributed by atoms with Gasteiger partial charge in [-0.15, -0.1) is 0 Å².